The lowest BCUT2D eigenvalue weighted by Crippen LogP contribution is -2.36. The molecule has 1 heterocycles. The zero-order valence-electron chi connectivity index (χ0n) is 12.0. The molecule has 0 aliphatic carbocycles. The first-order valence-corrected chi connectivity index (χ1v) is 7.19. The highest BCUT2D eigenvalue weighted by Crippen LogP contribution is 2.42. The quantitative estimate of drug-likeness (QED) is 0.875. The molecule has 1 aliphatic heterocycles. The number of hydrogen-bond acceptors (Lipinski definition) is 2. The summed E-state index contributed by atoms with van der Waals surface area (Å²) in [5.41, 5.74) is 2.29. The molecule has 0 bridgehead atoms. The fourth-order valence-corrected chi connectivity index (χ4v) is 2.96. The molecule has 0 saturated heterocycles. The molecule has 3 nitrogen and oxygen atoms in total. The van der Waals surface area contributed by atoms with Crippen molar-refractivity contribution in [3.05, 3.63) is 53.1 Å². The van der Waals surface area contributed by atoms with E-state index in [1.165, 1.54) is 7.11 Å². The summed E-state index contributed by atoms with van der Waals surface area (Å²) in [4.78, 5) is 12.3. The van der Waals surface area contributed by atoms with Crippen LogP contribution in [0, 0.1) is 12.3 Å². The van der Waals surface area contributed by atoms with Crippen molar-refractivity contribution in [2.45, 2.75) is 12.0 Å². The molecule has 2 aromatic rings. The second-order valence-electron chi connectivity index (χ2n) is 5.14. The SMILES string of the molecule is C#CCC1(OC)C(=O)Nc2ccc(-c3cccc(Cl)c3)cc21. The standard InChI is InChI=1S/C18H14ClNO2/c1-3-9-18(22-2)15-11-13(7-8-16(15)20-17(18)21)12-5-4-6-14(19)10-12/h1,4-8,10-11H,9H2,2H3,(H,20,21). The second-order valence-corrected chi connectivity index (χ2v) is 5.57. The van der Waals surface area contributed by atoms with Gasteiger partial charge < -0.3 is 10.1 Å². The van der Waals surface area contributed by atoms with Crippen molar-refractivity contribution in [2.75, 3.05) is 12.4 Å². The van der Waals surface area contributed by atoms with Crippen molar-refractivity contribution >= 4 is 23.2 Å². The van der Waals surface area contributed by atoms with Crippen molar-refractivity contribution in [1.29, 1.82) is 0 Å². The van der Waals surface area contributed by atoms with Crippen LogP contribution in [-0.2, 0) is 15.1 Å². The number of carbonyl (C=O) groups is 1. The molecule has 0 saturated carbocycles. The molecule has 0 spiro atoms. The van der Waals surface area contributed by atoms with E-state index in [2.05, 4.69) is 11.2 Å². The number of benzene rings is 2. The molecule has 1 unspecified atom stereocenters. The third kappa shape index (κ3) is 2.18. The van der Waals surface area contributed by atoms with Crippen molar-refractivity contribution in [3.63, 3.8) is 0 Å². The topological polar surface area (TPSA) is 38.3 Å². The molecule has 22 heavy (non-hydrogen) atoms. The minimum Gasteiger partial charge on any atom is -0.363 e. The van der Waals surface area contributed by atoms with E-state index < -0.39 is 5.60 Å². The van der Waals surface area contributed by atoms with E-state index >= 15 is 0 Å². The Bertz CT molecular complexity index is 794. The van der Waals surface area contributed by atoms with E-state index in [4.69, 9.17) is 22.8 Å². The van der Waals surface area contributed by atoms with Gasteiger partial charge in [-0.2, -0.15) is 0 Å². The van der Waals surface area contributed by atoms with Crippen LogP contribution in [0.3, 0.4) is 0 Å². The maximum absolute atomic E-state index is 12.3. The van der Waals surface area contributed by atoms with E-state index in [1.54, 1.807) is 0 Å². The van der Waals surface area contributed by atoms with E-state index in [0.717, 1.165) is 22.4 Å². The van der Waals surface area contributed by atoms with Crippen LogP contribution < -0.4 is 5.32 Å². The number of carbonyl (C=O) groups excluding carboxylic acids is 1. The molecule has 110 valence electrons. The molecule has 2 aromatic carbocycles. The Morgan fingerprint density at radius 2 is 2.05 bits per heavy atom. The Hall–Kier alpha value is -2.28. The third-order valence-corrected chi connectivity index (χ3v) is 4.16. The van der Waals surface area contributed by atoms with Crippen LogP contribution in [0.5, 0.6) is 0 Å². The lowest BCUT2D eigenvalue weighted by Gasteiger charge is -2.23. The largest absolute Gasteiger partial charge is 0.363 e. The highest BCUT2D eigenvalue weighted by molar-refractivity contribution is 6.30. The Labute approximate surface area is 134 Å². The van der Waals surface area contributed by atoms with Gasteiger partial charge in [0.15, 0.2) is 5.60 Å². The van der Waals surface area contributed by atoms with Crippen molar-refractivity contribution in [3.8, 4) is 23.5 Å². The summed E-state index contributed by atoms with van der Waals surface area (Å²) < 4.78 is 5.51. The highest BCUT2D eigenvalue weighted by atomic mass is 35.5. The zero-order valence-corrected chi connectivity index (χ0v) is 12.8. The highest BCUT2D eigenvalue weighted by Gasteiger charge is 2.46. The molecule has 1 N–H and O–H groups in total. The molecule has 0 radical (unpaired) electrons. The average molecular weight is 312 g/mol. The Morgan fingerprint density at radius 1 is 1.27 bits per heavy atom. The van der Waals surface area contributed by atoms with Crippen LogP contribution in [0.2, 0.25) is 5.02 Å². The van der Waals surface area contributed by atoms with Gasteiger partial charge in [-0.05, 0) is 35.4 Å². The Morgan fingerprint density at radius 3 is 2.73 bits per heavy atom. The molecular formula is C18H14ClNO2. The third-order valence-electron chi connectivity index (χ3n) is 3.93. The molecule has 3 rings (SSSR count). The van der Waals surface area contributed by atoms with Gasteiger partial charge >= 0.3 is 0 Å². The summed E-state index contributed by atoms with van der Waals surface area (Å²) in [7, 11) is 1.50. The predicted molar refractivity (Wildman–Crippen MR) is 87.7 cm³/mol. The number of hydrogen-bond donors (Lipinski definition) is 1. The van der Waals surface area contributed by atoms with Crippen molar-refractivity contribution in [2.24, 2.45) is 0 Å². The first-order chi connectivity index (χ1) is 10.6. The number of fused-ring (bicyclic) bond motifs is 1. The minimum atomic E-state index is -1.13. The van der Waals surface area contributed by atoms with Crippen LogP contribution in [0.1, 0.15) is 12.0 Å². The van der Waals surface area contributed by atoms with Crippen LogP contribution in [-0.4, -0.2) is 13.0 Å². The molecule has 1 aliphatic rings. The van der Waals surface area contributed by atoms with Gasteiger partial charge in [-0.3, -0.25) is 4.79 Å². The Kier molecular flexibility index (Phi) is 3.66. The lowest BCUT2D eigenvalue weighted by molar-refractivity contribution is -0.136. The van der Waals surface area contributed by atoms with E-state index in [-0.39, 0.29) is 12.3 Å². The molecule has 0 fully saturated rings. The first kappa shape index (κ1) is 14.6. The summed E-state index contributed by atoms with van der Waals surface area (Å²) in [5.74, 6) is 2.30. The summed E-state index contributed by atoms with van der Waals surface area (Å²) in [6.45, 7) is 0. The predicted octanol–water partition coefficient (Wildman–Crippen LogP) is 3.82. The lowest BCUT2D eigenvalue weighted by atomic mass is 9.89. The average Bonchev–Trinajstić information content (AvgIpc) is 2.79. The normalized spacial score (nSPS) is 19.4. The monoisotopic (exact) mass is 311 g/mol. The summed E-state index contributed by atoms with van der Waals surface area (Å²) in [6.07, 6.45) is 5.61. The number of nitrogens with one attached hydrogen (secondary N) is 1. The molecule has 0 aromatic heterocycles. The van der Waals surface area contributed by atoms with Crippen molar-refractivity contribution in [1.82, 2.24) is 0 Å². The van der Waals surface area contributed by atoms with Gasteiger partial charge in [0.05, 0.1) is 6.42 Å². The second kappa shape index (κ2) is 5.49. The van der Waals surface area contributed by atoms with Crippen LogP contribution in [0.15, 0.2) is 42.5 Å². The summed E-state index contributed by atoms with van der Waals surface area (Å²) >= 11 is 6.05. The van der Waals surface area contributed by atoms with Crippen LogP contribution in [0.4, 0.5) is 5.69 Å². The van der Waals surface area contributed by atoms with E-state index in [1.807, 2.05) is 42.5 Å². The number of terminal acetylenes is 1. The number of anilines is 1. The van der Waals surface area contributed by atoms with Gasteiger partial charge in [0, 0.05) is 23.4 Å². The van der Waals surface area contributed by atoms with Gasteiger partial charge in [-0.15, -0.1) is 12.3 Å². The van der Waals surface area contributed by atoms with Gasteiger partial charge in [-0.1, -0.05) is 29.8 Å². The zero-order chi connectivity index (χ0) is 15.7. The number of methoxy groups -OCH3 is 1. The summed E-state index contributed by atoms with van der Waals surface area (Å²) in [6, 6.07) is 13.3. The minimum absolute atomic E-state index is 0.182. The number of rotatable bonds is 3. The smallest absolute Gasteiger partial charge is 0.262 e. The van der Waals surface area contributed by atoms with Gasteiger partial charge in [-0.25, -0.2) is 0 Å². The maximum atomic E-state index is 12.3. The van der Waals surface area contributed by atoms with Crippen LogP contribution in [0.25, 0.3) is 11.1 Å². The fourth-order valence-electron chi connectivity index (χ4n) is 2.77. The Balaban J connectivity index is 2.15. The van der Waals surface area contributed by atoms with E-state index in [9.17, 15) is 4.79 Å². The van der Waals surface area contributed by atoms with Crippen LogP contribution >= 0.6 is 11.6 Å². The number of amides is 1. The van der Waals surface area contributed by atoms with Gasteiger partial charge in [0.2, 0.25) is 0 Å². The maximum Gasteiger partial charge on any atom is 0.262 e. The van der Waals surface area contributed by atoms with Gasteiger partial charge in [0.25, 0.3) is 5.91 Å². The number of halogens is 1. The van der Waals surface area contributed by atoms with E-state index in [0.29, 0.717) is 5.02 Å². The van der Waals surface area contributed by atoms with Crippen molar-refractivity contribution < 1.29 is 9.53 Å². The summed E-state index contributed by atoms with van der Waals surface area (Å²) in [5, 5.41) is 3.49. The molecule has 4 heteroatoms. The molecule has 1 amide bonds. The molecule has 1 atom stereocenters. The first-order valence-electron chi connectivity index (χ1n) is 6.81. The molecular weight excluding hydrogens is 298 g/mol. The van der Waals surface area contributed by atoms with Gasteiger partial charge in [0.1, 0.15) is 0 Å². The fraction of sp³-hybridized carbons (Fsp3) is 0.167. The number of ether oxygens (including phenoxy) is 1.